The number of aromatic nitrogens is 5. The number of nitro benzene ring substituents is 1. The number of thioether (sulfide) groups is 1. The fraction of sp³-hybridized carbons (Fsp3) is 0.353. The van der Waals surface area contributed by atoms with Gasteiger partial charge in [0.05, 0.1) is 25.2 Å². The minimum Gasteiger partial charge on any atom is -0.479 e. The Morgan fingerprint density at radius 2 is 2.11 bits per heavy atom. The zero-order chi connectivity index (χ0) is 20.1. The maximum absolute atomic E-state index is 11.0. The van der Waals surface area contributed by atoms with Gasteiger partial charge in [0.1, 0.15) is 5.56 Å². The van der Waals surface area contributed by atoms with Gasteiger partial charge in [-0.2, -0.15) is 0 Å². The Bertz CT molecular complexity index is 970. The van der Waals surface area contributed by atoms with Gasteiger partial charge in [-0.1, -0.05) is 23.9 Å². The molecular weight excluding hydrogens is 384 g/mol. The second kappa shape index (κ2) is 8.85. The quantitative estimate of drug-likeness (QED) is 0.304. The van der Waals surface area contributed by atoms with E-state index in [0.717, 1.165) is 11.1 Å². The summed E-state index contributed by atoms with van der Waals surface area (Å²) >= 11 is 1.45. The molecule has 0 aliphatic carbocycles. The van der Waals surface area contributed by atoms with Crippen LogP contribution in [-0.2, 0) is 24.1 Å². The highest BCUT2D eigenvalue weighted by atomic mass is 32.2. The van der Waals surface area contributed by atoms with Gasteiger partial charge in [-0.25, -0.2) is 0 Å². The highest BCUT2D eigenvalue weighted by Crippen LogP contribution is 2.31. The van der Waals surface area contributed by atoms with E-state index in [0.29, 0.717) is 35.8 Å². The van der Waals surface area contributed by atoms with E-state index in [9.17, 15) is 10.1 Å². The number of methoxy groups -OCH3 is 2. The summed E-state index contributed by atoms with van der Waals surface area (Å²) in [6.45, 7) is 1.03. The predicted octanol–water partition coefficient (Wildman–Crippen LogP) is 2.53. The van der Waals surface area contributed by atoms with Crippen molar-refractivity contribution in [2.45, 2.75) is 17.5 Å². The van der Waals surface area contributed by atoms with Gasteiger partial charge in [0.25, 0.3) is 5.69 Å². The van der Waals surface area contributed by atoms with Crippen LogP contribution in [0, 0.1) is 10.1 Å². The molecule has 0 spiro atoms. The largest absolute Gasteiger partial charge is 0.479 e. The highest BCUT2D eigenvalue weighted by Gasteiger charge is 2.20. The number of nitrogens with zero attached hydrogens (tertiary/aromatic N) is 6. The monoisotopic (exact) mass is 404 g/mol. The minimum absolute atomic E-state index is 0.0692. The second-order valence-corrected chi connectivity index (χ2v) is 6.83. The average molecular weight is 404 g/mol. The number of benzene rings is 1. The summed E-state index contributed by atoms with van der Waals surface area (Å²) in [6, 6.07) is 6.56. The van der Waals surface area contributed by atoms with Gasteiger partial charge < -0.3 is 9.47 Å². The van der Waals surface area contributed by atoms with E-state index in [1.54, 1.807) is 38.1 Å². The molecule has 2 heterocycles. The first-order valence-electron chi connectivity index (χ1n) is 8.39. The summed E-state index contributed by atoms with van der Waals surface area (Å²) in [5.41, 5.74) is 1.64. The number of ether oxygens (including phenoxy) is 2. The van der Waals surface area contributed by atoms with E-state index in [1.165, 1.54) is 17.8 Å². The Kier molecular flexibility index (Phi) is 6.26. The van der Waals surface area contributed by atoms with Crippen LogP contribution in [0.1, 0.15) is 5.56 Å². The first-order chi connectivity index (χ1) is 13.5. The van der Waals surface area contributed by atoms with Crippen LogP contribution in [0.15, 0.2) is 35.6 Å². The van der Waals surface area contributed by atoms with Crippen molar-refractivity contribution < 1.29 is 14.4 Å². The van der Waals surface area contributed by atoms with Gasteiger partial charge in [-0.15, -0.1) is 15.3 Å². The van der Waals surface area contributed by atoms with Gasteiger partial charge in [-0.05, 0) is 5.56 Å². The van der Waals surface area contributed by atoms with E-state index in [4.69, 9.17) is 9.47 Å². The van der Waals surface area contributed by atoms with Gasteiger partial charge in [0.15, 0.2) is 11.0 Å². The molecule has 0 bridgehead atoms. The Morgan fingerprint density at radius 3 is 2.82 bits per heavy atom. The SMILES string of the molecule is COCCn1c(SCc2cccc([N+](=O)[O-])c2)nnc1-c1cn(C)nc1OC. The minimum atomic E-state index is -0.401. The van der Waals surface area contributed by atoms with Crippen LogP contribution in [0.2, 0.25) is 0 Å². The van der Waals surface area contributed by atoms with E-state index in [1.807, 2.05) is 16.8 Å². The van der Waals surface area contributed by atoms with Crippen LogP contribution < -0.4 is 4.74 Å². The second-order valence-electron chi connectivity index (χ2n) is 5.89. The third-order valence-corrected chi connectivity index (χ3v) is 4.99. The van der Waals surface area contributed by atoms with E-state index < -0.39 is 4.92 Å². The fourth-order valence-electron chi connectivity index (χ4n) is 2.66. The van der Waals surface area contributed by atoms with Crippen LogP contribution in [0.3, 0.4) is 0 Å². The molecule has 0 aliphatic heterocycles. The first-order valence-corrected chi connectivity index (χ1v) is 9.38. The molecule has 0 saturated carbocycles. The number of aryl methyl sites for hydroxylation is 1. The van der Waals surface area contributed by atoms with Crippen molar-refractivity contribution in [2.24, 2.45) is 7.05 Å². The molecule has 148 valence electrons. The number of hydrogen-bond acceptors (Lipinski definition) is 8. The van der Waals surface area contributed by atoms with Gasteiger partial charge in [-0.3, -0.25) is 19.4 Å². The Hall–Kier alpha value is -2.92. The van der Waals surface area contributed by atoms with Crippen molar-refractivity contribution in [3.8, 4) is 17.3 Å². The summed E-state index contributed by atoms with van der Waals surface area (Å²) in [4.78, 5) is 10.6. The number of rotatable bonds is 9. The van der Waals surface area contributed by atoms with Crippen LogP contribution in [-0.4, -0.2) is 50.3 Å². The Labute approximate surface area is 165 Å². The van der Waals surface area contributed by atoms with Crippen LogP contribution in [0.4, 0.5) is 5.69 Å². The van der Waals surface area contributed by atoms with Crippen molar-refractivity contribution in [2.75, 3.05) is 20.8 Å². The summed E-state index contributed by atoms with van der Waals surface area (Å²) in [7, 11) is 4.99. The summed E-state index contributed by atoms with van der Waals surface area (Å²) in [6.07, 6.45) is 1.82. The third-order valence-electron chi connectivity index (χ3n) is 3.95. The standard InChI is InChI=1S/C17H20N6O4S/c1-21-10-14(16(20-21)27-3)15-18-19-17(22(15)7-8-26-2)28-11-12-5-4-6-13(9-12)23(24)25/h4-6,9-10H,7-8,11H2,1-3H3. The molecule has 3 aromatic rings. The van der Waals surface area contributed by atoms with Gasteiger partial charge in [0, 0.05) is 38.2 Å². The molecule has 2 aromatic heterocycles. The molecular formula is C17H20N6O4S. The first kappa shape index (κ1) is 19.8. The lowest BCUT2D eigenvalue weighted by Crippen LogP contribution is -2.07. The van der Waals surface area contributed by atoms with Crippen molar-refractivity contribution in [1.82, 2.24) is 24.5 Å². The molecule has 3 rings (SSSR count). The van der Waals surface area contributed by atoms with Crippen LogP contribution in [0.25, 0.3) is 11.4 Å². The van der Waals surface area contributed by atoms with Gasteiger partial charge in [0.2, 0.25) is 5.88 Å². The molecule has 0 amide bonds. The van der Waals surface area contributed by atoms with Crippen LogP contribution in [0.5, 0.6) is 5.88 Å². The molecule has 1 aromatic carbocycles. The zero-order valence-electron chi connectivity index (χ0n) is 15.7. The summed E-state index contributed by atoms with van der Waals surface area (Å²) < 4.78 is 14.1. The highest BCUT2D eigenvalue weighted by molar-refractivity contribution is 7.98. The number of hydrogen-bond donors (Lipinski definition) is 0. The molecule has 11 heteroatoms. The maximum Gasteiger partial charge on any atom is 0.269 e. The van der Waals surface area contributed by atoms with Gasteiger partial charge >= 0.3 is 0 Å². The molecule has 10 nitrogen and oxygen atoms in total. The maximum atomic E-state index is 11.0. The van der Waals surface area contributed by atoms with E-state index in [2.05, 4.69) is 15.3 Å². The molecule has 0 radical (unpaired) electrons. The predicted molar refractivity (Wildman–Crippen MR) is 103 cm³/mol. The molecule has 0 N–H and O–H groups in total. The molecule has 0 saturated heterocycles. The lowest BCUT2D eigenvalue weighted by Gasteiger charge is -2.09. The van der Waals surface area contributed by atoms with Crippen molar-refractivity contribution in [1.29, 1.82) is 0 Å². The Morgan fingerprint density at radius 1 is 1.29 bits per heavy atom. The van der Waals surface area contributed by atoms with Crippen molar-refractivity contribution in [3.05, 3.63) is 46.1 Å². The van der Waals surface area contributed by atoms with E-state index in [-0.39, 0.29) is 5.69 Å². The van der Waals surface area contributed by atoms with E-state index >= 15 is 0 Å². The molecule has 0 aliphatic rings. The zero-order valence-corrected chi connectivity index (χ0v) is 16.5. The normalized spacial score (nSPS) is 11.0. The molecule has 0 unspecified atom stereocenters. The average Bonchev–Trinajstić information content (AvgIpc) is 3.27. The number of non-ortho nitro benzene ring substituents is 1. The van der Waals surface area contributed by atoms with Crippen molar-refractivity contribution >= 4 is 17.4 Å². The fourth-order valence-corrected chi connectivity index (χ4v) is 3.57. The third kappa shape index (κ3) is 4.31. The smallest absolute Gasteiger partial charge is 0.269 e. The number of nitro groups is 1. The topological polar surface area (TPSA) is 110 Å². The Balaban J connectivity index is 1.88. The van der Waals surface area contributed by atoms with Crippen molar-refractivity contribution in [3.63, 3.8) is 0 Å². The molecule has 0 fully saturated rings. The summed E-state index contributed by atoms with van der Waals surface area (Å²) in [5, 5.41) is 24.5. The lowest BCUT2D eigenvalue weighted by molar-refractivity contribution is -0.384. The lowest BCUT2D eigenvalue weighted by atomic mass is 10.2. The van der Waals surface area contributed by atoms with Crippen LogP contribution >= 0.6 is 11.8 Å². The molecule has 28 heavy (non-hydrogen) atoms. The molecule has 0 atom stereocenters. The summed E-state index contributed by atoms with van der Waals surface area (Å²) in [5.74, 6) is 1.61.